The quantitative estimate of drug-likeness (QED) is 0.509. The number of rotatable bonds is 4. The smallest absolute Gasteiger partial charge is 0.374 e. The van der Waals surface area contributed by atoms with E-state index >= 15 is 4.39 Å². The maximum atomic E-state index is 15.3. The average molecular weight is 517 g/mol. The van der Waals surface area contributed by atoms with Crippen LogP contribution in [0, 0.1) is 11.7 Å². The molecule has 0 aliphatic carbocycles. The van der Waals surface area contributed by atoms with Crippen LogP contribution in [0.1, 0.15) is 23.1 Å². The standard InChI is InChI=1S/C23H18ClF5N2O2S/c24-17-5-16(6-18(25)7-17)22(23(27,28)29)8-19(30-33-22)13-1-3-15(4-2-13)21(26)11-31(12-21)20(32)14-9-34-10-14/h1-7,14H,8-12H2. The first kappa shape index (κ1) is 23.4. The van der Waals surface area contributed by atoms with Gasteiger partial charge in [0.05, 0.1) is 24.7 Å². The van der Waals surface area contributed by atoms with E-state index in [4.69, 9.17) is 16.4 Å². The number of carbonyl (C=O) groups is 1. The molecule has 1 atom stereocenters. The molecule has 0 bridgehead atoms. The van der Waals surface area contributed by atoms with Crippen molar-refractivity contribution in [3.05, 3.63) is 70.0 Å². The van der Waals surface area contributed by atoms with Gasteiger partial charge in [0.2, 0.25) is 5.91 Å². The van der Waals surface area contributed by atoms with Crippen molar-refractivity contribution in [1.82, 2.24) is 4.90 Å². The third-order valence-electron chi connectivity index (χ3n) is 6.43. The highest BCUT2D eigenvalue weighted by Crippen LogP contribution is 2.49. The van der Waals surface area contributed by atoms with Gasteiger partial charge in [-0.1, -0.05) is 41.0 Å². The van der Waals surface area contributed by atoms with E-state index in [1.165, 1.54) is 29.2 Å². The maximum absolute atomic E-state index is 15.3. The lowest BCUT2D eigenvalue weighted by Crippen LogP contribution is -2.61. The largest absolute Gasteiger partial charge is 0.435 e. The summed E-state index contributed by atoms with van der Waals surface area (Å²) in [6.45, 7) is -0.0954. The molecule has 34 heavy (non-hydrogen) atoms. The molecular weight excluding hydrogens is 499 g/mol. The molecule has 2 aromatic carbocycles. The summed E-state index contributed by atoms with van der Waals surface area (Å²) in [6.07, 6.45) is -5.60. The zero-order valence-electron chi connectivity index (χ0n) is 17.5. The van der Waals surface area contributed by atoms with E-state index in [0.717, 1.165) is 29.7 Å². The molecule has 0 spiro atoms. The minimum atomic E-state index is -4.90. The summed E-state index contributed by atoms with van der Waals surface area (Å²) in [6, 6.07) is 8.51. The van der Waals surface area contributed by atoms with Gasteiger partial charge in [0.1, 0.15) is 5.82 Å². The normalized spacial score (nSPS) is 24.2. The fourth-order valence-electron chi connectivity index (χ4n) is 4.34. The SMILES string of the molecule is O=C(C1CSC1)N1CC(F)(c2ccc(C3=NOC(c4cc(F)cc(Cl)c4)(C(F)(F)F)C3)cc2)C1. The number of hydrogen-bond donors (Lipinski definition) is 0. The minimum absolute atomic E-state index is 0.00920. The van der Waals surface area contributed by atoms with Crippen molar-refractivity contribution in [3.8, 4) is 0 Å². The van der Waals surface area contributed by atoms with Gasteiger partial charge in [-0.25, -0.2) is 8.78 Å². The molecule has 0 radical (unpaired) electrons. The molecule has 1 unspecified atom stereocenters. The molecule has 3 heterocycles. The molecule has 3 aliphatic rings. The van der Waals surface area contributed by atoms with Gasteiger partial charge in [-0.2, -0.15) is 24.9 Å². The monoisotopic (exact) mass is 516 g/mol. The predicted octanol–water partition coefficient (Wildman–Crippen LogP) is 5.43. The number of oxime groups is 1. The Bertz CT molecular complexity index is 1140. The third kappa shape index (κ3) is 3.84. The van der Waals surface area contributed by atoms with Crippen LogP contribution in [-0.4, -0.2) is 47.3 Å². The number of thioether (sulfide) groups is 1. The van der Waals surface area contributed by atoms with Crippen molar-refractivity contribution in [2.75, 3.05) is 24.6 Å². The van der Waals surface area contributed by atoms with Crippen molar-refractivity contribution in [2.45, 2.75) is 23.9 Å². The van der Waals surface area contributed by atoms with E-state index in [0.29, 0.717) is 11.1 Å². The minimum Gasteiger partial charge on any atom is -0.374 e. The van der Waals surface area contributed by atoms with Crippen molar-refractivity contribution in [3.63, 3.8) is 0 Å². The summed E-state index contributed by atoms with van der Waals surface area (Å²) in [5.41, 5.74) is -4.44. The van der Waals surface area contributed by atoms with E-state index in [-0.39, 0.29) is 35.6 Å². The zero-order valence-corrected chi connectivity index (χ0v) is 19.1. The van der Waals surface area contributed by atoms with E-state index in [2.05, 4.69) is 5.16 Å². The van der Waals surface area contributed by atoms with Crippen LogP contribution in [0.3, 0.4) is 0 Å². The average Bonchev–Trinajstić information content (AvgIpc) is 3.16. The van der Waals surface area contributed by atoms with Crippen molar-refractivity contribution < 1.29 is 31.6 Å². The molecular formula is C23H18ClF5N2O2S. The molecule has 11 heteroatoms. The van der Waals surface area contributed by atoms with Crippen molar-refractivity contribution in [1.29, 1.82) is 0 Å². The van der Waals surface area contributed by atoms with Gasteiger partial charge in [0, 0.05) is 28.5 Å². The summed E-state index contributed by atoms with van der Waals surface area (Å²) >= 11 is 7.45. The molecule has 4 nitrogen and oxygen atoms in total. The Morgan fingerprint density at radius 3 is 2.35 bits per heavy atom. The van der Waals surface area contributed by atoms with Crippen LogP contribution in [0.15, 0.2) is 47.6 Å². The summed E-state index contributed by atoms with van der Waals surface area (Å²) in [5.74, 6) is 0.509. The molecule has 5 rings (SSSR count). The van der Waals surface area contributed by atoms with Gasteiger partial charge in [-0.15, -0.1) is 0 Å². The Balaban J connectivity index is 1.33. The zero-order chi connectivity index (χ0) is 24.3. The van der Waals surface area contributed by atoms with Crippen LogP contribution < -0.4 is 0 Å². The van der Waals surface area contributed by atoms with Crippen LogP contribution in [-0.2, 0) is 20.9 Å². The Kier molecular flexibility index (Phi) is 5.59. The number of nitrogens with zero attached hydrogens (tertiary/aromatic N) is 2. The number of halogens is 6. The summed E-state index contributed by atoms with van der Waals surface area (Å²) in [4.78, 5) is 18.6. The molecule has 2 saturated heterocycles. The summed E-state index contributed by atoms with van der Waals surface area (Å²) in [5, 5.41) is 3.44. The van der Waals surface area contributed by atoms with Crippen LogP contribution in [0.2, 0.25) is 5.02 Å². The Hall–Kier alpha value is -2.33. The fourth-order valence-corrected chi connectivity index (χ4v) is 5.32. The first-order chi connectivity index (χ1) is 16.0. The third-order valence-corrected chi connectivity index (χ3v) is 7.93. The molecule has 0 saturated carbocycles. The summed E-state index contributed by atoms with van der Waals surface area (Å²) in [7, 11) is 0. The van der Waals surface area contributed by atoms with Crippen molar-refractivity contribution in [2.24, 2.45) is 11.1 Å². The highest BCUT2D eigenvalue weighted by atomic mass is 35.5. The number of carbonyl (C=O) groups excluding carboxylic acids is 1. The van der Waals surface area contributed by atoms with Crippen LogP contribution in [0.5, 0.6) is 0 Å². The number of benzene rings is 2. The highest BCUT2D eigenvalue weighted by Gasteiger charge is 2.62. The lowest BCUT2D eigenvalue weighted by atomic mass is 9.84. The Morgan fingerprint density at radius 1 is 1.12 bits per heavy atom. The van der Waals surface area contributed by atoms with Gasteiger partial charge in [0.25, 0.3) is 5.60 Å². The second-order valence-corrected chi connectivity index (χ2v) is 10.3. The Morgan fingerprint density at radius 2 is 1.79 bits per heavy atom. The van der Waals surface area contributed by atoms with Gasteiger partial charge in [-0.05, 0) is 29.3 Å². The molecule has 2 aromatic rings. The van der Waals surface area contributed by atoms with Crippen LogP contribution in [0.4, 0.5) is 22.0 Å². The number of likely N-dealkylation sites (tertiary alicyclic amines) is 1. The highest BCUT2D eigenvalue weighted by molar-refractivity contribution is 8.00. The predicted molar refractivity (Wildman–Crippen MR) is 118 cm³/mol. The molecule has 0 N–H and O–H groups in total. The molecule has 2 fully saturated rings. The van der Waals surface area contributed by atoms with Crippen LogP contribution >= 0.6 is 23.4 Å². The number of hydrogen-bond acceptors (Lipinski definition) is 4. The molecule has 180 valence electrons. The van der Waals surface area contributed by atoms with Gasteiger partial charge in [-0.3, -0.25) is 4.79 Å². The maximum Gasteiger partial charge on any atom is 0.435 e. The molecule has 1 amide bonds. The second-order valence-electron chi connectivity index (χ2n) is 8.76. The lowest BCUT2D eigenvalue weighted by molar-refractivity contribution is -0.275. The fraction of sp³-hybridized carbons (Fsp3) is 0.391. The summed E-state index contributed by atoms with van der Waals surface area (Å²) < 4.78 is 71.3. The first-order valence-electron chi connectivity index (χ1n) is 10.5. The number of alkyl halides is 4. The van der Waals surface area contributed by atoms with Gasteiger partial charge < -0.3 is 9.74 Å². The first-order valence-corrected chi connectivity index (χ1v) is 12.0. The van der Waals surface area contributed by atoms with Crippen molar-refractivity contribution >= 4 is 35.0 Å². The van der Waals surface area contributed by atoms with Gasteiger partial charge >= 0.3 is 6.18 Å². The van der Waals surface area contributed by atoms with E-state index in [1.807, 2.05) is 0 Å². The lowest BCUT2D eigenvalue weighted by Gasteiger charge is -2.46. The molecule has 3 aliphatic heterocycles. The Labute approximate surface area is 201 Å². The topological polar surface area (TPSA) is 41.9 Å². The van der Waals surface area contributed by atoms with Crippen LogP contribution in [0.25, 0.3) is 0 Å². The second kappa shape index (κ2) is 8.12. The van der Waals surface area contributed by atoms with E-state index in [9.17, 15) is 22.4 Å². The van der Waals surface area contributed by atoms with E-state index < -0.39 is 35.2 Å². The molecule has 0 aromatic heterocycles. The van der Waals surface area contributed by atoms with Gasteiger partial charge in [0.15, 0.2) is 5.67 Å². The number of amides is 1. The van der Waals surface area contributed by atoms with E-state index in [1.54, 1.807) is 11.8 Å².